The van der Waals surface area contributed by atoms with E-state index >= 15 is 0 Å². The summed E-state index contributed by atoms with van der Waals surface area (Å²) in [5.41, 5.74) is 2.41. The van der Waals surface area contributed by atoms with Gasteiger partial charge in [-0.3, -0.25) is 0 Å². The van der Waals surface area contributed by atoms with E-state index in [0.29, 0.717) is 0 Å². The van der Waals surface area contributed by atoms with Crippen LogP contribution in [0, 0.1) is 10.5 Å². The lowest BCUT2D eigenvalue weighted by atomic mass is 10.1. The van der Waals surface area contributed by atoms with Crippen LogP contribution in [0.15, 0.2) is 48.5 Å². The van der Waals surface area contributed by atoms with Crippen molar-refractivity contribution in [3.8, 4) is 5.75 Å². The quantitative estimate of drug-likeness (QED) is 0.753. The second kappa shape index (κ2) is 7.64. The Bertz CT molecular complexity index is 542. The second-order valence-corrected chi connectivity index (χ2v) is 6.06. The zero-order chi connectivity index (χ0) is 14.4. The number of halogens is 1. The molecule has 2 nitrogen and oxygen atoms in total. The van der Waals surface area contributed by atoms with Crippen molar-refractivity contribution in [1.29, 1.82) is 0 Å². The summed E-state index contributed by atoms with van der Waals surface area (Å²) in [5, 5.41) is 3.20. The van der Waals surface area contributed by atoms with Crippen LogP contribution in [0.2, 0.25) is 0 Å². The summed E-state index contributed by atoms with van der Waals surface area (Å²) in [6.45, 7) is 3.03. The van der Waals surface area contributed by atoms with E-state index < -0.39 is 0 Å². The fourth-order valence-corrected chi connectivity index (χ4v) is 2.78. The molecular formula is C17H20INO. The number of aryl methyl sites for hydroxylation is 1. The van der Waals surface area contributed by atoms with Crippen LogP contribution >= 0.6 is 22.6 Å². The molecule has 0 fully saturated rings. The summed E-state index contributed by atoms with van der Waals surface area (Å²) >= 11 is 2.32. The highest BCUT2D eigenvalue weighted by molar-refractivity contribution is 14.1. The Morgan fingerprint density at radius 1 is 1.15 bits per heavy atom. The van der Waals surface area contributed by atoms with E-state index in [9.17, 15) is 0 Å². The topological polar surface area (TPSA) is 21.3 Å². The molecule has 2 aromatic carbocycles. The van der Waals surface area contributed by atoms with Gasteiger partial charge in [-0.25, -0.2) is 0 Å². The molecule has 0 amide bonds. The first-order valence-corrected chi connectivity index (χ1v) is 7.91. The van der Waals surface area contributed by atoms with Gasteiger partial charge < -0.3 is 10.1 Å². The first-order chi connectivity index (χ1) is 9.70. The van der Waals surface area contributed by atoms with Crippen molar-refractivity contribution in [1.82, 2.24) is 5.32 Å². The van der Waals surface area contributed by atoms with Crippen molar-refractivity contribution in [2.75, 3.05) is 13.6 Å². The van der Waals surface area contributed by atoms with Gasteiger partial charge in [0.2, 0.25) is 0 Å². The molecule has 0 saturated heterocycles. The lowest BCUT2D eigenvalue weighted by molar-refractivity contribution is 0.193. The summed E-state index contributed by atoms with van der Waals surface area (Å²) in [7, 11) is 1.97. The minimum absolute atomic E-state index is 0.0856. The molecule has 2 rings (SSSR count). The van der Waals surface area contributed by atoms with Crippen LogP contribution in [0.5, 0.6) is 5.75 Å². The Kier molecular flexibility index (Phi) is 5.86. The number of rotatable bonds is 6. The van der Waals surface area contributed by atoms with E-state index in [1.165, 1.54) is 14.7 Å². The van der Waals surface area contributed by atoms with Crippen LogP contribution in [0.1, 0.15) is 23.7 Å². The molecule has 2 aromatic rings. The summed E-state index contributed by atoms with van der Waals surface area (Å²) in [6, 6.07) is 16.7. The van der Waals surface area contributed by atoms with Gasteiger partial charge in [0.05, 0.1) is 0 Å². The highest BCUT2D eigenvalue weighted by Crippen LogP contribution is 2.28. The van der Waals surface area contributed by atoms with E-state index in [1.807, 2.05) is 13.1 Å². The van der Waals surface area contributed by atoms with Crippen molar-refractivity contribution < 1.29 is 4.74 Å². The zero-order valence-corrected chi connectivity index (χ0v) is 14.1. The molecule has 1 N–H and O–H groups in total. The average molecular weight is 381 g/mol. The van der Waals surface area contributed by atoms with E-state index in [0.717, 1.165) is 18.7 Å². The minimum atomic E-state index is 0.0856. The van der Waals surface area contributed by atoms with Gasteiger partial charge in [0, 0.05) is 9.99 Å². The number of ether oxygens (including phenoxy) is 1. The van der Waals surface area contributed by atoms with Gasteiger partial charge in [0.25, 0.3) is 0 Å². The second-order valence-electron chi connectivity index (χ2n) is 4.82. The average Bonchev–Trinajstić information content (AvgIpc) is 2.46. The molecule has 0 unspecified atom stereocenters. The minimum Gasteiger partial charge on any atom is -0.485 e. The fourth-order valence-electron chi connectivity index (χ4n) is 2.14. The van der Waals surface area contributed by atoms with Gasteiger partial charge in [-0.05, 0) is 72.4 Å². The van der Waals surface area contributed by atoms with E-state index in [4.69, 9.17) is 4.74 Å². The predicted octanol–water partition coefficient (Wildman–Crippen LogP) is 4.33. The monoisotopic (exact) mass is 381 g/mol. The van der Waals surface area contributed by atoms with Crippen molar-refractivity contribution in [2.24, 2.45) is 0 Å². The van der Waals surface area contributed by atoms with Crippen LogP contribution in [-0.4, -0.2) is 13.6 Å². The lowest BCUT2D eigenvalue weighted by Crippen LogP contribution is -2.16. The van der Waals surface area contributed by atoms with E-state index in [-0.39, 0.29) is 6.10 Å². The summed E-state index contributed by atoms with van der Waals surface area (Å²) in [6.07, 6.45) is 1.04. The maximum absolute atomic E-state index is 6.25. The molecule has 0 radical (unpaired) electrons. The Labute approximate surface area is 134 Å². The maximum atomic E-state index is 6.25. The molecule has 0 spiro atoms. The highest BCUT2D eigenvalue weighted by Gasteiger charge is 2.14. The van der Waals surface area contributed by atoms with Crippen LogP contribution in [0.3, 0.4) is 0 Å². The van der Waals surface area contributed by atoms with Crippen molar-refractivity contribution in [3.05, 3.63) is 63.2 Å². The smallest absolute Gasteiger partial charge is 0.125 e. The van der Waals surface area contributed by atoms with Gasteiger partial charge in [-0.2, -0.15) is 0 Å². The van der Waals surface area contributed by atoms with E-state index in [1.54, 1.807) is 0 Å². The molecule has 0 heterocycles. The summed E-state index contributed by atoms with van der Waals surface area (Å²) in [5.74, 6) is 0.968. The third-order valence-corrected chi connectivity index (χ3v) is 3.91. The Morgan fingerprint density at radius 2 is 1.90 bits per heavy atom. The SMILES string of the molecule is CNCC[C@H](Oc1ccc(I)cc1C)c1ccccc1. The van der Waals surface area contributed by atoms with Crippen molar-refractivity contribution >= 4 is 22.6 Å². The molecule has 1 atom stereocenters. The van der Waals surface area contributed by atoms with Crippen LogP contribution in [0.25, 0.3) is 0 Å². The van der Waals surface area contributed by atoms with Gasteiger partial charge in [0.15, 0.2) is 0 Å². The molecule has 0 aliphatic rings. The largest absolute Gasteiger partial charge is 0.485 e. The Morgan fingerprint density at radius 3 is 2.55 bits per heavy atom. The standard InChI is InChI=1S/C17H20INO/c1-13-12-15(18)8-9-16(13)20-17(10-11-19-2)14-6-4-3-5-7-14/h3-9,12,17,19H,10-11H2,1-2H3/t17-/m0/s1. The number of hydrogen-bond donors (Lipinski definition) is 1. The lowest BCUT2D eigenvalue weighted by Gasteiger charge is -2.21. The highest BCUT2D eigenvalue weighted by atomic mass is 127. The predicted molar refractivity (Wildman–Crippen MR) is 92.3 cm³/mol. The van der Waals surface area contributed by atoms with Crippen molar-refractivity contribution in [2.45, 2.75) is 19.4 Å². The van der Waals surface area contributed by atoms with E-state index in [2.05, 4.69) is 77.3 Å². The number of hydrogen-bond acceptors (Lipinski definition) is 2. The third kappa shape index (κ3) is 4.21. The van der Waals surface area contributed by atoms with Crippen LogP contribution in [-0.2, 0) is 0 Å². The first-order valence-electron chi connectivity index (χ1n) is 6.83. The van der Waals surface area contributed by atoms with Crippen LogP contribution in [0.4, 0.5) is 0 Å². The number of benzene rings is 2. The van der Waals surface area contributed by atoms with Gasteiger partial charge in [-0.15, -0.1) is 0 Å². The molecule has 20 heavy (non-hydrogen) atoms. The molecular weight excluding hydrogens is 361 g/mol. The molecule has 0 aromatic heterocycles. The third-order valence-electron chi connectivity index (χ3n) is 3.23. The molecule has 0 saturated carbocycles. The van der Waals surface area contributed by atoms with Crippen molar-refractivity contribution in [3.63, 3.8) is 0 Å². The Hall–Kier alpha value is -1.07. The fraction of sp³-hybridized carbons (Fsp3) is 0.294. The first kappa shape index (κ1) is 15.3. The molecule has 0 bridgehead atoms. The molecule has 0 aliphatic heterocycles. The molecule has 0 aliphatic carbocycles. The van der Waals surface area contributed by atoms with Gasteiger partial charge >= 0.3 is 0 Å². The maximum Gasteiger partial charge on any atom is 0.125 e. The van der Waals surface area contributed by atoms with Crippen LogP contribution < -0.4 is 10.1 Å². The molecule has 106 valence electrons. The van der Waals surface area contributed by atoms with Gasteiger partial charge in [-0.1, -0.05) is 30.3 Å². The summed E-state index contributed by atoms with van der Waals surface area (Å²) in [4.78, 5) is 0. The molecule has 3 heteroatoms. The number of nitrogens with one attached hydrogen (secondary N) is 1. The normalized spacial score (nSPS) is 12.2. The summed E-state index contributed by atoms with van der Waals surface area (Å²) < 4.78 is 7.48. The zero-order valence-electron chi connectivity index (χ0n) is 11.9. The Balaban J connectivity index is 2.19. The van der Waals surface area contributed by atoms with Gasteiger partial charge in [0.1, 0.15) is 11.9 Å².